The first kappa shape index (κ1) is 12.4. The zero-order valence-electron chi connectivity index (χ0n) is 10.7. The monoisotopic (exact) mass is 234 g/mol. The van der Waals surface area contributed by atoms with E-state index in [1.807, 2.05) is 12.1 Å². The van der Waals surface area contributed by atoms with Crippen molar-refractivity contribution in [3.8, 4) is 5.75 Å². The molecule has 0 aromatic heterocycles. The van der Waals surface area contributed by atoms with Crippen LogP contribution in [0.15, 0.2) is 24.3 Å². The molecule has 2 N–H and O–H groups in total. The highest BCUT2D eigenvalue weighted by Crippen LogP contribution is 2.32. The van der Waals surface area contributed by atoms with Gasteiger partial charge in [0, 0.05) is 12.6 Å². The lowest BCUT2D eigenvalue weighted by Crippen LogP contribution is -2.38. The molecule has 1 aromatic rings. The molecule has 2 rings (SSSR count). The second-order valence-corrected chi connectivity index (χ2v) is 4.91. The van der Waals surface area contributed by atoms with Gasteiger partial charge in [0.25, 0.3) is 0 Å². The first-order valence-corrected chi connectivity index (χ1v) is 6.29. The third-order valence-electron chi connectivity index (χ3n) is 3.76. The van der Waals surface area contributed by atoms with Gasteiger partial charge in [-0.25, -0.2) is 0 Å². The van der Waals surface area contributed by atoms with Gasteiger partial charge in [0.15, 0.2) is 0 Å². The van der Waals surface area contributed by atoms with Crippen molar-refractivity contribution in [3.05, 3.63) is 29.8 Å². The van der Waals surface area contributed by atoms with E-state index in [0.717, 1.165) is 18.8 Å². The lowest BCUT2D eigenvalue weighted by Gasteiger charge is -2.37. The molecule has 1 aliphatic heterocycles. The van der Waals surface area contributed by atoms with Crippen LogP contribution < -0.4 is 10.5 Å². The SMILES string of the molecule is COc1ccc(C2CCC(CN)CN2C)cc1. The summed E-state index contributed by atoms with van der Waals surface area (Å²) < 4.78 is 5.19. The van der Waals surface area contributed by atoms with Crippen molar-refractivity contribution in [1.82, 2.24) is 4.90 Å². The van der Waals surface area contributed by atoms with Crippen molar-refractivity contribution in [1.29, 1.82) is 0 Å². The number of likely N-dealkylation sites (tertiary alicyclic amines) is 1. The molecule has 94 valence electrons. The normalized spacial score (nSPS) is 25.8. The second-order valence-electron chi connectivity index (χ2n) is 4.91. The first-order chi connectivity index (χ1) is 8.24. The Hall–Kier alpha value is -1.06. The molecule has 1 fully saturated rings. The lowest BCUT2D eigenvalue weighted by molar-refractivity contribution is 0.141. The summed E-state index contributed by atoms with van der Waals surface area (Å²) in [6.07, 6.45) is 2.43. The summed E-state index contributed by atoms with van der Waals surface area (Å²) in [5, 5.41) is 0. The van der Waals surface area contributed by atoms with Gasteiger partial charge in [0.2, 0.25) is 0 Å². The van der Waals surface area contributed by atoms with E-state index in [0.29, 0.717) is 12.0 Å². The maximum Gasteiger partial charge on any atom is 0.118 e. The van der Waals surface area contributed by atoms with Crippen LogP contribution in [0, 0.1) is 5.92 Å². The molecule has 17 heavy (non-hydrogen) atoms. The summed E-state index contributed by atoms with van der Waals surface area (Å²) in [6.45, 7) is 1.91. The molecule has 2 atom stereocenters. The smallest absolute Gasteiger partial charge is 0.118 e. The number of hydrogen-bond donors (Lipinski definition) is 1. The van der Waals surface area contributed by atoms with Crippen LogP contribution in [0.4, 0.5) is 0 Å². The van der Waals surface area contributed by atoms with Gasteiger partial charge in [-0.1, -0.05) is 12.1 Å². The van der Waals surface area contributed by atoms with E-state index in [2.05, 4.69) is 24.1 Å². The fourth-order valence-electron chi connectivity index (χ4n) is 2.68. The predicted octanol–water partition coefficient (Wildman–Crippen LogP) is 2.04. The maximum absolute atomic E-state index is 5.74. The van der Waals surface area contributed by atoms with Crippen LogP contribution >= 0.6 is 0 Å². The van der Waals surface area contributed by atoms with Crippen LogP contribution in [0.2, 0.25) is 0 Å². The van der Waals surface area contributed by atoms with Crippen LogP contribution in [0.3, 0.4) is 0 Å². The van der Waals surface area contributed by atoms with E-state index >= 15 is 0 Å². The third-order valence-corrected chi connectivity index (χ3v) is 3.76. The minimum Gasteiger partial charge on any atom is -0.497 e. The molecule has 0 amide bonds. The van der Waals surface area contributed by atoms with E-state index in [9.17, 15) is 0 Å². The summed E-state index contributed by atoms with van der Waals surface area (Å²) in [7, 11) is 3.89. The highest BCUT2D eigenvalue weighted by Gasteiger charge is 2.25. The number of nitrogens with zero attached hydrogens (tertiary/aromatic N) is 1. The van der Waals surface area contributed by atoms with Crippen molar-refractivity contribution >= 4 is 0 Å². The summed E-state index contributed by atoms with van der Waals surface area (Å²) in [5.41, 5.74) is 7.12. The van der Waals surface area contributed by atoms with Gasteiger partial charge < -0.3 is 10.5 Å². The molecular weight excluding hydrogens is 212 g/mol. The number of rotatable bonds is 3. The third kappa shape index (κ3) is 2.79. The molecule has 1 saturated heterocycles. The topological polar surface area (TPSA) is 38.5 Å². The molecule has 0 spiro atoms. The molecule has 3 nitrogen and oxygen atoms in total. The molecule has 0 saturated carbocycles. The molecule has 1 aliphatic rings. The van der Waals surface area contributed by atoms with Crippen molar-refractivity contribution in [3.63, 3.8) is 0 Å². The number of ether oxygens (including phenoxy) is 1. The number of benzene rings is 1. The quantitative estimate of drug-likeness (QED) is 0.869. The summed E-state index contributed by atoms with van der Waals surface area (Å²) in [6, 6.07) is 8.95. The fourth-order valence-corrected chi connectivity index (χ4v) is 2.68. The average Bonchev–Trinajstić information content (AvgIpc) is 2.39. The van der Waals surface area contributed by atoms with Gasteiger partial charge in [-0.05, 0) is 50.0 Å². The standard InChI is InChI=1S/C14H22N2O/c1-16-10-11(9-15)3-8-14(16)12-4-6-13(17-2)7-5-12/h4-7,11,14H,3,8-10,15H2,1-2H3. The van der Waals surface area contributed by atoms with Crippen molar-refractivity contribution in [2.24, 2.45) is 11.7 Å². The van der Waals surface area contributed by atoms with Gasteiger partial charge in [-0.2, -0.15) is 0 Å². The van der Waals surface area contributed by atoms with E-state index in [1.165, 1.54) is 18.4 Å². The van der Waals surface area contributed by atoms with Gasteiger partial charge >= 0.3 is 0 Å². The summed E-state index contributed by atoms with van der Waals surface area (Å²) >= 11 is 0. The Morgan fingerprint density at radius 1 is 1.29 bits per heavy atom. The van der Waals surface area contributed by atoms with Crippen molar-refractivity contribution in [2.75, 3.05) is 27.2 Å². The van der Waals surface area contributed by atoms with E-state index in [4.69, 9.17) is 10.5 Å². The molecule has 0 aliphatic carbocycles. The Labute approximate surface area is 104 Å². The van der Waals surface area contributed by atoms with E-state index in [-0.39, 0.29) is 0 Å². The number of hydrogen-bond acceptors (Lipinski definition) is 3. The zero-order valence-corrected chi connectivity index (χ0v) is 10.7. The zero-order chi connectivity index (χ0) is 12.3. The van der Waals surface area contributed by atoms with Crippen LogP contribution in [0.5, 0.6) is 5.75 Å². The minimum atomic E-state index is 0.531. The predicted molar refractivity (Wildman–Crippen MR) is 70.1 cm³/mol. The highest BCUT2D eigenvalue weighted by molar-refractivity contribution is 5.29. The van der Waals surface area contributed by atoms with Crippen LogP contribution in [0.1, 0.15) is 24.4 Å². The maximum atomic E-state index is 5.74. The fraction of sp³-hybridized carbons (Fsp3) is 0.571. The molecule has 2 unspecified atom stereocenters. The molecule has 3 heteroatoms. The molecule has 0 radical (unpaired) electrons. The minimum absolute atomic E-state index is 0.531. The van der Waals surface area contributed by atoms with Gasteiger partial charge in [-0.15, -0.1) is 0 Å². The molecule has 1 aromatic carbocycles. The van der Waals surface area contributed by atoms with Gasteiger partial charge in [0.1, 0.15) is 5.75 Å². The first-order valence-electron chi connectivity index (χ1n) is 6.29. The average molecular weight is 234 g/mol. The Balaban J connectivity index is 2.06. The Morgan fingerprint density at radius 3 is 2.53 bits per heavy atom. The van der Waals surface area contributed by atoms with Crippen LogP contribution in [-0.2, 0) is 0 Å². The van der Waals surface area contributed by atoms with Crippen LogP contribution in [-0.4, -0.2) is 32.1 Å². The number of piperidine rings is 1. The van der Waals surface area contributed by atoms with Crippen molar-refractivity contribution < 1.29 is 4.74 Å². The van der Waals surface area contributed by atoms with Crippen LogP contribution in [0.25, 0.3) is 0 Å². The Morgan fingerprint density at radius 2 is 2.00 bits per heavy atom. The van der Waals surface area contributed by atoms with E-state index < -0.39 is 0 Å². The van der Waals surface area contributed by atoms with E-state index in [1.54, 1.807) is 7.11 Å². The molecule has 0 bridgehead atoms. The highest BCUT2D eigenvalue weighted by atomic mass is 16.5. The lowest BCUT2D eigenvalue weighted by atomic mass is 9.89. The Bertz CT molecular complexity index is 350. The Kier molecular flexibility index (Phi) is 4.02. The second kappa shape index (κ2) is 5.52. The largest absolute Gasteiger partial charge is 0.497 e. The summed E-state index contributed by atoms with van der Waals surface area (Å²) in [5.74, 6) is 1.58. The number of nitrogens with two attached hydrogens (primary N) is 1. The number of methoxy groups -OCH3 is 1. The van der Waals surface area contributed by atoms with Crippen molar-refractivity contribution in [2.45, 2.75) is 18.9 Å². The molecule has 1 heterocycles. The van der Waals surface area contributed by atoms with Gasteiger partial charge in [0.05, 0.1) is 7.11 Å². The summed E-state index contributed by atoms with van der Waals surface area (Å²) in [4.78, 5) is 2.42. The van der Waals surface area contributed by atoms with Gasteiger partial charge in [-0.3, -0.25) is 4.90 Å². The molecular formula is C14H22N2O.